The van der Waals surface area contributed by atoms with Gasteiger partial charge in [0.15, 0.2) is 5.11 Å². The quantitative estimate of drug-likeness (QED) is 0.555. The van der Waals surface area contributed by atoms with Gasteiger partial charge in [-0.2, -0.15) is 0 Å². The van der Waals surface area contributed by atoms with Gasteiger partial charge < -0.3 is 15.7 Å². The van der Waals surface area contributed by atoms with E-state index in [1.54, 1.807) is 12.1 Å². The molecule has 1 aromatic rings. The van der Waals surface area contributed by atoms with Gasteiger partial charge in [-0.15, -0.1) is 0 Å². The molecule has 3 N–H and O–H groups in total. The maximum atomic E-state index is 11.6. The maximum Gasteiger partial charge on any atom is 0.335 e. The lowest BCUT2D eigenvalue weighted by molar-refractivity contribution is -0.119. The Morgan fingerprint density at radius 3 is 2.70 bits per heavy atom. The first kappa shape index (κ1) is 16.1. The summed E-state index contributed by atoms with van der Waals surface area (Å²) >= 11 is 5.01. The second kappa shape index (κ2) is 8.27. The van der Waals surface area contributed by atoms with Gasteiger partial charge in [-0.25, -0.2) is 4.79 Å². The zero-order chi connectivity index (χ0) is 15.0. The van der Waals surface area contributed by atoms with Gasteiger partial charge in [0.1, 0.15) is 0 Å². The van der Waals surface area contributed by atoms with Crippen molar-refractivity contribution >= 4 is 34.9 Å². The van der Waals surface area contributed by atoms with E-state index in [1.807, 2.05) is 0 Å². The van der Waals surface area contributed by atoms with Crippen LogP contribution in [0.4, 0.5) is 5.69 Å². The van der Waals surface area contributed by atoms with Crippen LogP contribution in [0.15, 0.2) is 24.3 Å². The van der Waals surface area contributed by atoms with Gasteiger partial charge in [-0.05, 0) is 36.8 Å². The Balaban J connectivity index is 2.48. The molecule has 0 saturated heterocycles. The minimum Gasteiger partial charge on any atom is -0.478 e. The molecule has 108 valence electrons. The van der Waals surface area contributed by atoms with E-state index in [0.29, 0.717) is 12.1 Å². The van der Waals surface area contributed by atoms with Crippen LogP contribution in [0.25, 0.3) is 0 Å². The summed E-state index contributed by atoms with van der Waals surface area (Å²) in [4.78, 5) is 22.4. The number of benzene rings is 1. The minimum atomic E-state index is -1.01. The molecule has 0 fully saturated rings. The van der Waals surface area contributed by atoms with Gasteiger partial charge in [-0.1, -0.05) is 25.8 Å². The van der Waals surface area contributed by atoms with E-state index in [2.05, 4.69) is 17.6 Å². The van der Waals surface area contributed by atoms with Crippen LogP contribution in [-0.4, -0.2) is 22.1 Å². The largest absolute Gasteiger partial charge is 0.478 e. The molecule has 0 spiro atoms. The van der Waals surface area contributed by atoms with Crippen LogP contribution in [-0.2, 0) is 4.79 Å². The topological polar surface area (TPSA) is 78.4 Å². The molecule has 0 aliphatic rings. The summed E-state index contributed by atoms with van der Waals surface area (Å²) < 4.78 is 0. The average Bonchev–Trinajstić information content (AvgIpc) is 2.39. The highest BCUT2D eigenvalue weighted by molar-refractivity contribution is 7.80. The number of anilines is 1. The summed E-state index contributed by atoms with van der Waals surface area (Å²) in [6.45, 7) is 2.07. The summed E-state index contributed by atoms with van der Waals surface area (Å²) in [5.41, 5.74) is 0.691. The van der Waals surface area contributed by atoms with Crippen LogP contribution >= 0.6 is 12.2 Å². The van der Waals surface area contributed by atoms with Crippen molar-refractivity contribution in [2.24, 2.45) is 0 Å². The Bertz CT molecular complexity index is 503. The number of thiocarbonyl (C=S) groups is 1. The zero-order valence-corrected chi connectivity index (χ0v) is 12.1. The first-order valence-electron chi connectivity index (χ1n) is 6.47. The van der Waals surface area contributed by atoms with Gasteiger partial charge in [0.2, 0.25) is 5.91 Å². The molecular weight excluding hydrogens is 276 g/mol. The van der Waals surface area contributed by atoms with E-state index in [9.17, 15) is 9.59 Å². The molecule has 0 atom stereocenters. The van der Waals surface area contributed by atoms with Crippen LogP contribution in [0.3, 0.4) is 0 Å². The number of rotatable bonds is 6. The van der Waals surface area contributed by atoms with E-state index in [1.165, 1.54) is 12.1 Å². The lowest BCUT2D eigenvalue weighted by Gasteiger charge is -2.09. The van der Waals surface area contributed by atoms with Gasteiger partial charge in [0.25, 0.3) is 0 Å². The second-order valence-corrected chi connectivity index (χ2v) is 4.75. The molecule has 0 bridgehead atoms. The number of amides is 1. The Labute approximate surface area is 123 Å². The Morgan fingerprint density at radius 2 is 2.05 bits per heavy atom. The predicted octanol–water partition coefficient (Wildman–Crippen LogP) is 2.78. The third-order valence-electron chi connectivity index (χ3n) is 2.63. The maximum absolute atomic E-state index is 11.6. The number of aromatic carboxylic acids is 1. The fourth-order valence-electron chi connectivity index (χ4n) is 1.62. The van der Waals surface area contributed by atoms with Gasteiger partial charge in [0, 0.05) is 12.1 Å². The van der Waals surface area contributed by atoms with E-state index in [4.69, 9.17) is 17.3 Å². The third-order valence-corrected chi connectivity index (χ3v) is 2.83. The fraction of sp³-hybridized carbons (Fsp3) is 0.357. The minimum absolute atomic E-state index is 0.134. The number of unbranched alkanes of at least 4 members (excludes halogenated alkanes) is 2. The molecule has 0 aliphatic carbocycles. The zero-order valence-electron chi connectivity index (χ0n) is 11.3. The summed E-state index contributed by atoms with van der Waals surface area (Å²) in [5, 5.41) is 14.4. The van der Waals surface area contributed by atoms with Gasteiger partial charge in [-0.3, -0.25) is 4.79 Å². The Kier molecular flexibility index (Phi) is 6.66. The third kappa shape index (κ3) is 5.79. The number of carbonyl (C=O) groups is 2. The van der Waals surface area contributed by atoms with Crippen LogP contribution in [0.5, 0.6) is 0 Å². The van der Waals surface area contributed by atoms with Crippen molar-refractivity contribution in [3.8, 4) is 0 Å². The standard InChI is InChI=1S/C14H18N2O3S/c1-2-3-4-8-12(17)16-14(20)15-11-7-5-6-10(9-11)13(18)19/h5-7,9H,2-4,8H2,1H3,(H,18,19)(H2,15,16,17,20). The number of carboxylic acids is 1. The van der Waals surface area contributed by atoms with Crippen molar-refractivity contribution in [3.05, 3.63) is 29.8 Å². The molecule has 0 heterocycles. The summed E-state index contributed by atoms with van der Waals surface area (Å²) in [6.07, 6.45) is 3.33. The average molecular weight is 294 g/mol. The van der Waals surface area contributed by atoms with E-state index in [0.717, 1.165) is 19.3 Å². The van der Waals surface area contributed by atoms with Crippen LogP contribution in [0.1, 0.15) is 43.0 Å². The Hall–Kier alpha value is -1.95. The van der Waals surface area contributed by atoms with Crippen molar-refractivity contribution < 1.29 is 14.7 Å². The second-order valence-electron chi connectivity index (χ2n) is 4.35. The molecule has 1 rings (SSSR count). The number of carboxylic acid groups (broad SMARTS) is 1. The first-order chi connectivity index (χ1) is 9.52. The van der Waals surface area contributed by atoms with Gasteiger partial charge in [0.05, 0.1) is 5.56 Å². The number of hydrogen-bond acceptors (Lipinski definition) is 3. The van der Waals surface area contributed by atoms with Crippen molar-refractivity contribution in [1.82, 2.24) is 5.32 Å². The molecule has 0 unspecified atom stereocenters. The van der Waals surface area contributed by atoms with Gasteiger partial charge >= 0.3 is 5.97 Å². The molecule has 0 radical (unpaired) electrons. The normalized spacial score (nSPS) is 9.85. The molecule has 5 nitrogen and oxygen atoms in total. The molecule has 1 amide bonds. The molecular formula is C14H18N2O3S. The number of hydrogen-bond donors (Lipinski definition) is 3. The Morgan fingerprint density at radius 1 is 1.30 bits per heavy atom. The van der Waals surface area contributed by atoms with Crippen molar-refractivity contribution in [2.75, 3.05) is 5.32 Å². The van der Waals surface area contributed by atoms with E-state index in [-0.39, 0.29) is 16.6 Å². The summed E-state index contributed by atoms with van der Waals surface area (Å²) in [7, 11) is 0. The summed E-state index contributed by atoms with van der Waals surface area (Å²) in [5.74, 6) is -1.14. The molecule has 0 saturated carbocycles. The van der Waals surface area contributed by atoms with Crippen LogP contribution in [0, 0.1) is 0 Å². The predicted molar refractivity (Wildman–Crippen MR) is 81.9 cm³/mol. The molecule has 6 heteroatoms. The fourth-order valence-corrected chi connectivity index (χ4v) is 1.85. The van der Waals surface area contributed by atoms with Crippen molar-refractivity contribution in [2.45, 2.75) is 32.6 Å². The number of carbonyl (C=O) groups excluding carboxylic acids is 1. The highest BCUT2D eigenvalue weighted by atomic mass is 32.1. The van der Waals surface area contributed by atoms with Crippen molar-refractivity contribution in [1.29, 1.82) is 0 Å². The van der Waals surface area contributed by atoms with E-state index < -0.39 is 5.97 Å². The molecule has 0 aliphatic heterocycles. The smallest absolute Gasteiger partial charge is 0.335 e. The number of nitrogens with one attached hydrogen (secondary N) is 2. The molecule has 1 aromatic carbocycles. The molecule has 0 aromatic heterocycles. The lowest BCUT2D eigenvalue weighted by atomic mass is 10.2. The summed E-state index contributed by atoms with van der Waals surface area (Å²) in [6, 6.07) is 6.23. The van der Waals surface area contributed by atoms with Crippen LogP contribution in [0.2, 0.25) is 0 Å². The monoisotopic (exact) mass is 294 g/mol. The van der Waals surface area contributed by atoms with Crippen molar-refractivity contribution in [3.63, 3.8) is 0 Å². The SMILES string of the molecule is CCCCCC(=O)NC(=S)Nc1cccc(C(=O)O)c1. The first-order valence-corrected chi connectivity index (χ1v) is 6.88. The lowest BCUT2D eigenvalue weighted by Crippen LogP contribution is -2.33. The highest BCUT2D eigenvalue weighted by Crippen LogP contribution is 2.10. The highest BCUT2D eigenvalue weighted by Gasteiger charge is 2.06. The molecule has 20 heavy (non-hydrogen) atoms. The van der Waals surface area contributed by atoms with Crippen LogP contribution < -0.4 is 10.6 Å². The van der Waals surface area contributed by atoms with E-state index >= 15 is 0 Å².